The van der Waals surface area contributed by atoms with Crippen LogP contribution in [0.3, 0.4) is 0 Å². The van der Waals surface area contributed by atoms with Gasteiger partial charge in [-0.2, -0.15) is 0 Å². The first kappa shape index (κ1) is 20.9. The number of hydrogen-bond acceptors (Lipinski definition) is 5. The van der Waals surface area contributed by atoms with E-state index in [9.17, 15) is 13.2 Å². The average Bonchev–Trinajstić information content (AvgIpc) is 3.12. The number of benzene rings is 1. The number of sulfonamides is 1. The van der Waals surface area contributed by atoms with Crippen LogP contribution < -0.4 is 4.72 Å². The first-order valence-electron chi connectivity index (χ1n) is 7.98. The van der Waals surface area contributed by atoms with Crippen molar-refractivity contribution in [2.75, 3.05) is 33.7 Å². The summed E-state index contributed by atoms with van der Waals surface area (Å²) in [6.45, 7) is 1.24. The number of thiophene rings is 1. The summed E-state index contributed by atoms with van der Waals surface area (Å²) in [6.07, 6.45) is 0. The second-order valence-electron chi connectivity index (χ2n) is 6.01. The van der Waals surface area contributed by atoms with Crippen molar-refractivity contribution in [3.8, 4) is 0 Å². The number of carbonyl (C=O) groups is 1. The Bertz CT molecular complexity index is 824. The van der Waals surface area contributed by atoms with Crippen molar-refractivity contribution in [3.63, 3.8) is 0 Å². The third kappa shape index (κ3) is 6.37. The molecule has 9 heteroatoms. The van der Waals surface area contributed by atoms with Crippen molar-refractivity contribution < 1.29 is 13.2 Å². The van der Waals surface area contributed by atoms with Gasteiger partial charge in [-0.15, -0.1) is 11.3 Å². The molecule has 0 saturated heterocycles. The molecular weight excluding hydrogens is 394 g/mol. The van der Waals surface area contributed by atoms with Crippen LogP contribution in [0.25, 0.3) is 0 Å². The molecule has 1 N–H and O–H groups in total. The van der Waals surface area contributed by atoms with E-state index in [1.807, 2.05) is 31.1 Å². The van der Waals surface area contributed by atoms with Crippen molar-refractivity contribution >= 4 is 38.9 Å². The number of carbonyl (C=O) groups excluding carboxylic acids is 1. The molecule has 1 aromatic carbocycles. The molecule has 2 rings (SSSR count). The van der Waals surface area contributed by atoms with Crippen LogP contribution in [0.15, 0.2) is 46.0 Å². The summed E-state index contributed by atoms with van der Waals surface area (Å²) in [5.41, 5.74) is 0.894. The van der Waals surface area contributed by atoms with Gasteiger partial charge < -0.3 is 9.80 Å². The van der Waals surface area contributed by atoms with Gasteiger partial charge in [0.2, 0.25) is 5.91 Å². The maximum Gasteiger partial charge on any atom is 0.250 e. The monoisotopic (exact) mass is 415 g/mol. The third-order valence-corrected chi connectivity index (χ3v) is 6.64. The zero-order chi connectivity index (χ0) is 19.2. The lowest BCUT2D eigenvalue weighted by Gasteiger charge is -2.25. The van der Waals surface area contributed by atoms with Gasteiger partial charge in [0.1, 0.15) is 4.21 Å². The second-order valence-corrected chi connectivity index (χ2v) is 9.38. The summed E-state index contributed by atoms with van der Waals surface area (Å²) < 4.78 is 27.0. The largest absolute Gasteiger partial charge is 0.336 e. The van der Waals surface area contributed by atoms with E-state index in [0.29, 0.717) is 24.7 Å². The smallest absolute Gasteiger partial charge is 0.250 e. The normalized spacial score (nSPS) is 11.7. The predicted molar refractivity (Wildman–Crippen MR) is 105 cm³/mol. The van der Waals surface area contributed by atoms with Crippen LogP contribution in [0.4, 0.5) is 0 Å². The molecule has 26 heavy (non-hydrogen) atoms. The van der Waals surface area contributed by atoms with Crippen molar-refractivity contribution in [1.82, 2.24) is 14.5 Å². The van der Waals surface area contributed by atoms with Gasteiger partial charge in [0.15, 0.2) is 0 Å². The summed E-state index contributed by atoms with van der Waals surface area (Å²) in [7, 11) is 0.170. The topological polar surface area (TPSA) is 69.7 Å². The van der Waals surface area contributed by atoms with E-state index in [-0.39, 0.29) is 16.7 Å². The van der Waals surface area contributed by atoms with Gasteiger partial charge in [0.05, 0.1) is 6.54 Å². The summed E-state index contributed by atoms with van der Waals surface area (Å²) in [5, 5.41) is 2.28. The summed E-state index contributed by atoms with van der Waals surface area (Å²) in [4.78, 5) is 16.2. The molecule has 0 spiro atoms. The van der Waals surface area contributed by atoms with Gasteiger partial charge in [-0.3, -0.25) is 4.79 Å². The van der Waals surface area contributed by atoms with E-state index in [4.69, 9.17) is 11.6 Å². The van der Waals surface area contributed by atoms with E-state index in [0.717, 1.165) is 16.9 Å². The van der Waals surface area contributed by atoms with Gasteiger partial charge >= 0.3 is 0 Å². The molecule has 0 radical (unpaired) electrons. The molecular formula is C17H22ClN3O3S2. The molecule has 6 nitrogen and oxygen atoms in total. The average molecular weight is 416 g/mol. The molecule has 0 aliphatic rings. The number of rotatable bonds is 9. The molecule has 0 bridgehead atoms. The molecule has 0 fully saturated rings. The van der Waals surface area contributed by atoms with Gasteiger partial charge in [-0.05, 0) is 43.2 Å². The Kier molecular flexibility index (Phi) is 7.60. The van der Waals surface area contributed by atoms with Crippen LogP contribution >= 0.6 is 22.9 Å². The Balaban J connectivity index is 2.04. The zero-order valence-corrected chi connectivity index (χ0v) is 17.1. The van der Waals surface area contributed by atoms with E-state index >= 15 is 0 Å². The van der Waals surface area contributed by atoms with Crippen molar-refractivity contribution in [1.29, 1.82) is 0 Å². The summed E-state index contributed by atoms with van der Waals surface area (Å²) in [6, 6.07) is 10.4. The van der Waals surface area contributed by atoms with Gasteiger partial charge in [0.25, 0.3) is 10.0 Å². The molecule has 0 saturated carbocycles. The van der Waals surface area contributed by atoms with Crippen LogP contribution in [0.2, 0.25) is 5.02 Å². The van der Waals surface area contributed by atoms with E-state index in [2.05, 4.69) is 4.72 Å². The molecule has 0 unspecified atom stereocenters. The number of nitrogens with zero attached hydrogens (tertiary/aromatic N) is 2. The lowest BCUT2D eigenvalue weighted by Crippen LogP contribution is -2.42. The Labute approximate surface area is 163 Å². The van der Waals surface area contributed by atoms with Crippen LogP contribution in [-0.4, -0.2) is 57.9 Å². The van der Waals surface area contributed by atoms with Crippen LogP contribution in [-0.2, 0) is 21.4 Å². The minimum Gasteiger partial charge on any atom is -0.336 e. The molecule has 142 valence electrons. The number of nitrogens with one attached hydrogen (secondary N) is 1. The van der Waals surface area contributed by atoms with E-state index in [1.165, 1.54) is 6.07 Å². The molecule has 1 heterocycles. The molecule has 0 aliphatic heterocycles. The van der Waals surface area contributed by atoms with Crippen LogP contribution in [0.1, 0.15) is 5.56 Å². The fourth-order valence-electron chi connectivity index (χ4n) is 2.22. The fraction of sp³-hybridized carbons (Fsp3) is 0.353. The highest BCUT2D eigenvalue weighted by Gasteiger charge is 2.20. The summed E-state index contributed by atoms with van der Waals surface area (Å²) >= 11 is 7.12. The first-order valence-corrected chi connectivity index (χ1v) is 10.7. The molecule has 0 atom stereocenters. The zero-order valence-electron chi connectivity index (χ0n) is 14.7. The third-order valence-electron chi connectivity index (χ3n) is 3.61. The van der Waals surface area contributed by atoms with Crippen molar-refractivity contribution in [2.45, 2.75) is 10.8 Å². The highest BCUT2D eigenvalue weighted by Crippen LogP contribution is 2.16. The van der Waals surface area contributed by atoms with Crippen molar-refractivity contribution in [2.24, 2.45) is 0 Å². The van der Waals surface area contributed by atoms with Gasteiger partial charge in [-0.25, -0.2) is 13.1 Å². The minimum atomic E-state index is -3.67. The Morgan fingerprint density at radius 1 is 1.19 bits per heavy atom. The summed E-state index contributed by atoms with van der Waals surface area (Å²) in [5.74, 6) is -0.285. The van der Waals surface area contributed by atoms with Crippen LogP contribution in [0.5, 0.6) is 0 Å². The van der Waals surface area contributed by atoms with Gasteiger partial charge in [0, 0.05) is 24.7 Å². The lowest BCUT2D eigenvalue weighted by atomic mass is 10.2. The molecule has 1 aromatic heterocycles. The Morgan fingerprint density at radius 2 is 1.96 bits per heavy atom. The SMILES string of the molecule is CN(C)CCN(Cc1cccc(Cl)c1)C(=O)CNS(=O)(=O)c1cccs1. The maximum atomic E-state index is 12.6. The second kappa shape index (κ2) is 9.48. The number of halogens is 1. The Morgan fingerprint density at radius 3 is 2.58 bits per heavy atom. The molecule has 2 aromatic rings. The highest BCUT2D eigenvalue weighted by molar-refractivity contribution is 7.91. The van der Waals surface area contributed by atoms with Gasteiger partial charge in [-0.1, -0.05) is 29.8 Å². The number of amides is 1. The van der Waals surface area contributed by atoms with Crippen LogP contribution in [0, 0.1) is 0 Å². The fourth-order valence-corrected chi connectivity index (χ4v) is 4.45. The molecule has 1 amide bonds. The Hall–Kier alpha value is -1.45. The van der Waals surface area contributed by atoms with Crippen molar-refractivity contribution in [3.05, 3.63) is 52.4 Å². The standard InChI is InChI=1S/C17H22ClN3O3S2/c1-20(2)8-9-21(13-14-5-3-6-15(18)11-14)16(22)12-19-26(23,24)17-7-4-10-25-17/h3-7,10-11,19H,8-9,12-13H2,1-2H3. The number of hydrogen-bond donors (Lipinski definition) is 1. The first-order chi connectivity index (χ1) is 12.3. The predicted octanol–water partition coefficient (Wildman–Crippen LogP) is 2.27. The van der Waals surface area contributed by atoms with E-state index < -0.39 is 10.0 Å². The maximum absolute atomic E-state index is 12.6. The lowest BCUT2D eigenvalue weighted by molar-refractivity contribution is -0.130. The number of likely N-dealkylation sites (N-methyl/N-ethyl adjacent to an activating group) is 1. The quantitative estimate of drug-likeness (QED) is 0.682. The van der Waals surface area contributed by atoms with E-state index in [1.54, 1.807) is 28.5 Å². The molecule has 0 aliphatic carbocycles. The minimum absolute atomic E-state index is 0.194. The highest BCUT2D eigenvalue weighted by atomic mass is 35.5.